The van der Waals surface area contributed by atoms with E-state index in [1.807, 2.05) is 0 Å². The Kier molecular flexibility index (Phi) is 6.45. The van der Waals surface area contributed by atoms with E-state index in [0.29, 0.717) is 20.8 Å². The number of aromatic nitrogens is 8. The summed E-state index contributed by atoms with van der Waals surface area (Å²) >= 11 is 0.633. The molecule has 0 spiro atoms. The average Bonchev–Trinajstić information content (AvgIpc) is 3.66. The topological polar surface area (TPSA) is 163 Å². The maximum atomic E-state index is 15.4. The molecule has 0 unspecified atom stereocenters. The van der Waals surface area contributed by atoms with Crippen LogP contribution in [-0.2, 0) is 39.9 Å². The second-order valence-electron chi connectivity index (χ2n) is 9.01. The van der Waals surface area contributed by atoms with Crippen LogP contribution in [0.3, 0.4) is 0 Å². The van der Waals surface area contributed by atoms with Crippen LogP contribution in [0.1, 0.15) is 16.4 Å². The van der Waals surface area contributed by atoms with Gasteiger partial charge in [0.25, 0.3) is 5.56 Å². The molecule has 40 heavy (non-hydrogen) atoms. The fraction of sp³-hybridized carbons (Fsp3) is 0.350. The first-order valence-electron chi connectivity index (χ1n) is 11.3. The molecule has 5 rings (SSSR count). The molecule has 15 nitrogen and oxygen atoms in total. The van der Waals surface area contributed by atoms with Crippen molar-refractivity contribution in [2.45, 2.75) is 12.5 Å². The van der Waals surface area contributed by atoms with Crippen molar-refractivity contribution >= 4 is 53.0 Å². The Morgan fingerprint density at radius 1 is 0.975 bits per heavy atom. The summed E-state index contributed by atoms with van der Waals surface area (Å²) < 4.78 is 85.5. The van der Waals surface area contributed by atoms with Gasteiger partial charge in [0.2, 0.25) is 0 Å². The molecule has 0 saturated heterocycles. The van der Waals surface area contributed by atoms with E-state index in [1.165, 1.54) is 58.3 Å². The molecular weight excluding hydrogens is 594 g/mol. The fourth-order valence-corrected chi connectivity index (χ4v) is 6.38. The summed E-state index contributed by atoms with van der Waals surface area (Å²) in [6, 6.07) is 2.33. The summed E-state index contributed by atoms with van der Waals surface area (Å²) in [4.78, 5) is 17.3. The zero-order chi connectivity index (χ0) is 29.4. The number of hydrogen-bond donors (Lipinski definition) is 0. The van der Waals surface area contributed by atoms with Gasteiger partial charge in [-0.3, -0.25) is 4.79 Å². The molecule has 0 amide bonds. The minimum absolute atomic E-state index is 0.105. The molecule has 5 heterocycles. The van der Waals surface area contributed by atoms with Crippen molar-refractivity contribution in [2.24, 2.45) is 7.05 Å². The molecular formula is C20H22F2N10O5S3. The standard InChI is InChI=1S/C20H22F2N10O5S3/c1-27(2)39(34,35)31-8-6-12(25-31)11-30-18(33)15-13(10-23-30)16-17(29(15)5)24-19(38-16)20(21,22)14-7-9-32(26-14)40(36,37)28(3)4/h6-10H,11H2,1-5H3. The van der Waals surface area contributed by atoms with Gasteiger partial charge < -0.3 is 4.57 Å². The third-order valence-corrected chi connectivity index (χ3v) is 10.4. The Labute approximate surface area is 229 Å². The highest BCUT2D eigenvalue weighted by atomic mass is 32.2. The van der Waals surface area contributed by atoms with Crippen LogP contribution in [0.2, 0.25) is 0 Å². The first-order chi connectivity index (χ1) is 18.6. The van der Waals surface area contributed by atoms with Crippen molar-refractivity contribution in [3.63, 3.8) is 0 Å². The second-order valence-corrected chi connectivity index (χ2v) is 14.0. The predicted octanol–water partition coefficient (Wildman–Crippen LogP) is 0.235. The zero-order valence-electron chi connectivity index (χ0n) is 21.6. The number of alkyl halides is 2. The lowest BCUT2D eigenvalue weighted by Gasteiger charge is -2.12. The molecule has 214 valence electrons. The Balaban J connectivity index is 1.52. The predicted molar refractivity (Wildman–Crippen MR) is 141 cm³/mol. The minimum Gasteiger partial charge on any atom is -0.323 e. The molecule has 0 aromatic carbocycles. The zero-order valence-corrected chi connectivity index (χ0v) is 24.0. The highest BCUT2D eigenvalue weighted by molar-refractivity contribution is 7.87. The van der Waals surface area contributed by atoms with Gasteiger partial charge in [-0.05, 0) is 12.1 Å². The van der Waals surface area contributed by atoms with Crippen LogP contribution in [0.15, 0.2) is 35.5 Å². The number of fused-ring (bicyclic) bond motifs is 3. The molecule has 0 saturated carbocycles. The van der Waals surface area contributed by atoms with Crippen LogP contribution in [0.25, 0.3) is 21.3 Å². The normalized spacial score (nSPS) is 13.4. The summed E-state index contributed by atoms with van der Waals surface area (Å²) in [5.74, 6) is -3.72. The van der Waals surface area contributed by atoms with Crippen molar-refractivity contribution in [1.82, 2.24) is 46.3 Å². The van der Waals surface area contributed by atoms with Gasteiger partial charge in [-0.15, -0.1) is 11.3 Å². The molecule has 0 fully saturated rings. The molecule has 0 N–H and O–H groups in total. The van der Waals surface area contributed by atoms with E-state index < -0.39 is 42.6 Å². The molecule has 5 aromatic rings. The smallest absolute Gasteiger partial charge is 0.323 e. The Morgan fingerprint density at radius 2 is 1.57 bits per heavy atom. The maximum absolute atomic E-state index is 15.4. The number of rotatable bonds is 8. The summed E-state index contributed by atoms with van der Waals surface area (Å²) in [6.07, 6.45) is 3.51. The molecule has 0 aliphatic carbocycles. The van der Waals surface area contributed by atoms with Crippen molar-refractivity contribution in [3.05, 3.63) is 57.5 Å². The lowest BCUT2D eigenvalue weighted by atomic mass is 10.2. The molecule has 0 radical (unpaired) electrons. The maximum Gasteiger partial charge on any atom is 0.342 e. The lowest BCUT2D eigenvalue weighted by Crippen LogP contribution is -2.29. The highest BCUT2D eigenvalue weighted by Gasteiger charge is 2.42. The molecule has 5 aromatic heterocycles. The van der Waals surface area contributed by atoms with Gasteiger partial charge in [-0.1, -0.05) is 0 Å². The van der Waals surface area contributed by atoms with Gasteiger partial charge in [0.05, 0.1) is 23.1 Å². The van der Waals surface area contributed by atoms with Gasteiger partial charge in [0.15, 0.2) is 10.7 Å². The molecule has 0 aliphatic heterocycles. The Hall–Kier alpha value is -3.59. The van der Waals surface area contributed by atoms with Crippen molar-refractivity contribution in [2.75, 3.05) is 28.2 Å². The van der Waals surface area contributed by atoms with Gasteiger partial charge in [0.1, 0.15) is 11.2 Å². The van der Waals surface area contributed by atoms with E-state index in [9.17, 15) is 21.6 Å². The number of thiazole rings is 1. The van der Waals surface area contributed by atoms with E-state index in [-0.39, 0.29) is 28.1 Å². The van der Waals surface area contributed by atoms with E-state index >= 15 is 8.78 Å². The summed E-state index contributed by atoms with van der Waals surface area (Å²) in [5, 5.41) is 11.4. The van der Waals surface area contributed by atoms with Gasteiger partial charge in [-0.25, -0.2) is 9.67 Å². The summed E-state index contributed by atoms with van der Waals surface area (Å²) in [6.45, 7) is -0.140. The van der Waals surface area contributed by atoms with Crippen LogP contribution in [0.5, 0.6) is 0 Å². The van der Waals surface area contributed by atoms with E-state index in [1.54, 1.807) is 0 Å². The van der Waals surface area contributed by atoms with E-state index in [0.717, 1.165) is 29.6 Å². The number of halogens is 2. The Bertz CT molecular complexity index is 2050. The van der Waals surface area contributed by atoms with Crippen LogP contribution in [-0.4, -0.2) is 91.3 Å². The van der Waals surface area contributed by atoms with Crippen molar-refractivity contribution < 1.29 is 25.6 Å². The largest absolute Gasteiger partial charge is 0.342 e. The first kappa shape index (κ1) is 28.0. The SMILES string of the molecule is CN(C)S(=O)(=O)n1ccc(Cn2ncc3c4sc(C(F)(F)c5ccn(S(=O)(=O)N(C)C)n5)nc4n(C)c3c2=O)n1. The fourth-order valence-electron chi connectivity index (χ4n) is 3.79. The van der Waals surface area contributed by atoms with Crippen LogP contribution in [0, 0.1) is 0 Å². The lowest BCUT2D eigenvalue weighted by molar-refractivity contribution is 0.0376. The third-order valence-electron chi connectivity index (χ3n) is 6.01. The number of nitrogens with zero attached hydrogens (tertiary/aromatic N) is 10. The molecule has 20 heteroatoms. The van der Waals surface area contributed by atoms with Crippen LogP contribution >= 0.6 is 11.3 Å². The van der Waals surface area contributed by atoms with Gasteiger partial charge in [0, 0.05) is 53.0 Å². The number of aryl methyl sites for hydroxylation is 1. The molecule has 0 atom stereocenters. The first-order valence-corrected chi connectivity index (χ1v) is 14.9. The third kappa shape index (κ3) is 4.22. The monoisotopic (exact) mass is 616 g/mol. The second kappa shape index (κ2) is 9.23. The highest BCUT2D eigenvalue weighted by Crippen LogP contribution is 2.41. The van der Waals surface area contributed by atoms with Crippen molar-refractivity contribution in [1.29, 1.82) is 0 Å². The van der Waals surface area contributed by atoms with E-state index in [4.69, 9.17) is 0 Å². The minimum atomic E-state index is -4.09. The average molecular weight is 617 g/mol. The molecule has 0 aliphatic rings. The Morgan fingerprint density at radius 3 is 2.20 bits per heavy atom. The quantitative estimate of drug-likeness (QED) is 0.238. The van der Waals surface area contributed by atoms with E-state index in [2.05, 4.69) is 20.3 Å². The number of hydrogen-bond acceptors (Lipinski definition) is 10. The van der Waals surface area contributed by atoms with Crippen LogP contribution in [0.4, 0.5) is 8.78 Å². The van der Waals surface area contributed by atoms with Gasteiger partial charge >= 0.3 is 26.3 Å². The van der Waals surface area contributed by atoms with Crippen molar-refractivity contribution in [3.8, 4) is 0 Å². The van der Waals surface area contributed by atoms with Crippen LogP contribution < -0.4 is 5.56 Å². The molecule has 0 bridgehead atoms. The summed E-state index contributed by atoms with van der Waals surface area (Å²) in [5.41, 5.74) is -0.854. The van der Waals surface area contributed by atoms with Gasteiger partial charge in [-0.2, -0.15) is 57.7 Å². The summed E-state index contributed by atoms with van der Waals surface area (Å²) in [7, 11) is -1.22.